The second-order valence-corrected chi connectivity index (χ2v) is 7.03. The predicted molar refractivity (Wildman–Crippen MR) is 88.9 cm³/mol. The van der Waals surface area contributed by atoms with Gasteiger partial charge in [0.1, 0.15) is 5.82 Å². The molecule has 126 valence electrons. The average Bonchev–Trinajstić information content (AvgIpc) is 3.30. The molecule has 4 rings (SSSR count). The molecule has 1 amide bonds. The number of aryl methyl sites for hydroxylation is 1. The van der Waals surface area contributed by atoms with Crippen LogP contribution < -0.4 is 0 Å². The first-order chi connectivity index (χ1) is 11.6. The zero-order chi connectivity index (χ0) is 16.7. The molecule has 2 aliphatic carbocycles. The summed E-state index contributed by atoms with van der Waals surface area (Å²) in [5.41, 5.74) is 3.17. The van der Waals surface area contributed by atoms with Crippen LogP contribution >= 0.6 is 0 Å². The molecule has 5 heteroatoms. The average molecular weight is 327 g/mol. The summed E-state index contributed by atoms with van der Waals surface area (Å²) in [6, 6.07) is 6.63. The molecule has 0 unspecified atom stereocenters. The molecule has 2 aromatic rings. The number of nitrogens with one attached hydrogen (secondary N) is 1. The standard InChI is InChI=1S/C19H22FN3O/c1-23(18(12-5-6-12)13-7-9-14(20)10-8-13)19(24)15-3-2-4-17-16(15)11-21-22-17/h7-12,15,18H,2-6H2,1H3,(H,21,22)/t15-,18+/m1/s1. The zero-order valence-electron chi connectivity index (χ0n) is 13.8. The number of H-pyrrole nitrogens is 1. The SMILES string of the molecule is CN(C(=O)[C@@H]1CCCc2[nH]ncc21)[C@H](c1ccc(F)cc1)C1CC1. The Hall–Kier alpha value is -2.17. The van der Waals surface area contributed by atoms with E-state index in [1.165, 1.54) is 12.1 Å². The number of rotatable bonds is 4. The van der Waals surface area contributed by atoms with E-state index in [1.54, 1.807) is 6.20 Å². The fourth-order valence-electron chi connectivity index (χ4n) is 3.98. The van der Waals surface area contributed by atoms with Crippen LogP contribution in [0.1, 0.15) is 54.5 Å². The Balaban J connectivity index is 1.60. The number of carbonyl (C=O) groups excluding carboxylic acids is 1. The van der Waals surface area contributed by atoms with Crippen LogP contribution in [-0.2, 0) is 11.2 Å². The summed E-state index contributed by atoms with van der Waals surface area (Å²) >= 11 is 0. The van der Waals surface area contributed by atoms with Crippen LogP contribution in [0.25, 0.3) is 0 Å². The van der Waals surface area contributed by atoms with E-state index in [0.717, 1.165) is 48.9 Å². The summed E-state index contributed by atoms with van der Waals surface area (Å²) in [4.78, 5) is 15.1. The van der Waals surface area contributed by atoms with Crippen LogP contribution in [0.3, 0.4) is 0 Å². The van der Waals surface area contributed by atoms with Gasteiger partial charge in [-0.2, -0.15) is 5.10 Å². The largest absolute Gasteiger partial charge is 0.338 e. The topological polar surface area (TPSA) is 49.0 Å². The summed E-state index contributed by atoms with van der Waals surface area (Å²) in [5, 5.41) is 7.14. The molecule has 0 aliphatic heterocycles. The van der Waals surface area contributed by atoms with E-state index in [1.807, 2.05) is 24.1 Å². The van der Waals surface area contributed by atoms with Crippen LogP contribution in [0.2, 0.25) is 0 Å². The van der Waals surface area contributed by atoms with Gasteiger partial charge in [0, 0.05) is 18.3 Å². The molecule has 2 aliphatic rings. The lowest BCUT2D eigenvalue weighted by Gasteiger charge is -2.33. The van der Waals surface area contributed by atoms with Gasteiger partial charge >= 0.3 is 0 Å². The number of amides is 1. The number of aromatic amines is 1. The molecule has 0 spiro atoms. The van der Waals surface area contributed by atoms with E-state index >= 15 is 0 Å². The number of halogens is 1. The van der Waals surface area contributed by atoms with Gasteiger partial charge in [-0.25, -0.2) is 4.39 Å². The van der Waals surface area contributed by atoms with Crippen molar-refractivity contribution in [2.75, 3.05) is 7.05 Å². The van der Waals surface area contributed by atoms with E-state index in [0.29, 0.717) is 5.92 Å². The summed E-state index contributed by atoms with van der Waals surface area (Å²) in [7, 11) is 1.89. The van der Waals surface area contributed by atoms with Crippen molar-refractivity contribution in [1.82, 2.24) is 15.1 Å². The minimum absolute atomic E-state index is 0.0374. The normalized spacial score (nSPS) is 21.2. The molecule has 4 nitrogen and oxygen atoms in total. The minimum atomic E-state index is -0.238. The third-order valence-corrected chi connectivity index (χ3v) is 5.39. The second-order valence-electron chi connectivity index (χ2n) is 7.03. The van der Waals surface area contributed by atoms with Crippen molar-refractivity contribution < 1.29 is 9.18 Å². The highest BCUT2D eigenvalue weighted by molar-refractivity contribution is 5.84. The maximum absolute atomic E-state index is 13.3. The number of benzene rings is 1. The fourth-order valence-corrected chi connectivity index (χ4v) is 3.98. The fraction of sp³-hybridized carbons (Fsp3) is 0.474. The van der Waals surface area contributed by atoms with Gasteiger partial charge in [0.15, 0.2) is 0 Å². The Kier molecular flexibility index (Phi) is 3.87. The predicted octanol–water partition coefficient (Wildman–Crippen LogP) is 3.58. The van der Waals surface area contributed by atoms with Gasteiger partial charge in [0.25, 0.3) is 0 Å². The molecule has 0 radical (unpaired) electrons. The Labute approximate surface area is 141 Å². The highest BCUT2D eigenvalue weighted by Crippen LogP contribution is 2.45. The Bertz CT molecular complexity index is 735. The van der Waals surface area contributed by atoms with Gasteiger partial charge in [-0.05, 0) is 55.7 Å². The van der Waals surface area contributed by atoms with Crippen molar-refractivity contribution in [3.05, 3.63) is 53.1 Å². The summed E-state index contributed by atoms with van der Waals surface area (Å²) in [6.07, 6.45) is 6.89. The number of carbonyl (C=O) groups is 1. The first-order valence-corrected chi connectivity index (χ1v) is 8.69. The molecular formula is C19H22FN3O. The minimum Gasteiger partial charge on any atom is -0.338 e. The molecule has 24 heavy (non-hydrogen) atoms. The maximum atomic E-state index is 13.3. The van der Waals surface area contributed by atoms with Crippen molar-refractivity contribution >= 4 is 5.91 Å². The van der Waals surface area contributed by atoms with Crippen molar-refractivity contribution in [3.63, 3.8) is 0 Å². The van der Waals surface area contributed by atoms with Crippen LogP contribution in [-0.4, -0.2) is 28.1 Å². The molecule has 0 bridgehead atoms. The molecule has 0 saturated heterocycles. The highest BCUT2D eigenvalue weighted by Gasteiger charge is 2.39. The van der Waals surface area contributed by atoms with E-state index in [2.05, 4.69) is 10.2 Å². The molecule has 1 N–H and O–H groups in total. The van der Waals surface area contributed by atoms with E-state index in [4.69, 9.17) is 0 Å². The number of aromatic nitrogens is 2. The Morgan fingerprint density at radius 2 is 2.04 bits per heavy atom. The van der Waals surface area contributed by atoms with Gasteiger partial charge in [-0.15, -0.1) is 0 Å². The van der Waals surface area contributed by atoms with Crippen molar-refractivity contribution in [3.8, 4) is 0 Å². The first-order valence-electron chi connectivity index (χ1n) is 8.69. The Morgan fingerprint density at radius 3 is 2.75 bits per heavy atom. The maximum Gasteiger partial charge on any atom is 0.230 e. The van der Waals surface area contributed by atoms with Crippen LogP contribution in [0.4, 0.5) is 4.39 Å². The van der Waals surface area contributed by atoms with Gasteiger partial charge in [-0.3, -0.25) is 9.89 Å². The van der Waals surface area contributed by atoms with Crippen molar-refractivity contribution in [2.45, 2.75) is 44.1 Å². The molecule has 1 fully saturated rings. The zero-order valence-corrected chi connectivity index (χ0v) is 13.8. The van der Waals surface area contributed by atoms with E-state index < -0.39 is 0 Å². The molecule has 1 aromatic carbocycles. The van der Waals surface area contributed by atoms with Gasteiger partial charge in [0.2, 0.25) is 5.91 Å². The number of fused-ring (bicyclic) bond motifs is 1. The van der Waals surface area contributed by atoms with Crippen molar-refractivity contribution in [2.24, 2.45) is 5.92 Å². The van der Waals surface area contributed by atoms with Gasteiger partial charge < -0.3 is 4.90 Å². The summed E-state index contributed by atoms with van der Waals surface area (Å²) < 4.78 is 13.3. The number of hydrogen-bond donors (Lipinski definition) is 1. The molecular weight excluding hydrogens is 305 g/mol. The lowest BCUT2D eigenvalue weighted by Crippen LogP contribution is -2.37. The van der Waals surface area contributed by atoms with Gasteiger partial charge in [-0.1, -0.05) is 12.1 Å². The third kappa shape index (κ3) is 2.72. The number of hydrogen-bond acceptors (Lipinski definition) is 2. The van der Waals surface area contributed by atoms with Crippen molar-refractivity contribution in [1.29, 1.82) is 0 Å². The quantitative estimate of drug-likeness (QED) is 0.933. The van der Waals surface area contributed by atoms with E-state index in [9.17, 15) is 9.18 Å². The number of nitrogens with zero attached hydrogens (tertiary/aromatic N) is 2. The van der Waals surface area contributed by atoms with E-state index in [-0.39, 0.29) is 23.7 Å². The smallest absolute Gasteiger partial charge is 0.230 e. The van der Waals surface area contributed by atoms with Gasteiger partial charge in [0.05, 0.1) is 18.2 Å². The second kappa shape index (κ2) is 6.04. The lowest BCUT2D eigenvalue weighted by atomic mass is 9.85. The van der Waals surface area contributed by atoms with Crippen LogP contribution in [0, 0.1) is 11.7 Å². The first kappa shape index (κ1) is 15.4. The number of likely N-dealkylation sites (N-methyl/N-ethyl adjacent to an activating group) is 1. The summed E-state index contributed by atoms with van der Waals surface area (Å²) in [6.45, 7) is 0. The van der Waals surface area contributed by atoms with Crippen LogP contribution in [0.5, 0.6) is 0 Å². The summed E-state index contributed by atoms with van der Waals surface area (Å²) in [5.74, 6) is 0.284. The highest BCUT2D eigenvalue weighted by atomic mass is 19.1. The molecule has 1 saturated carbocycles. The molecule has 1 heterocycles. The molecule has 1 aromatic heterocycles. The monoisotopic (exact) mass is 327 g/mol. The molecule has 2 atom stereocenters. The lowest BCUT2D eigenvalue weighted by molar-refractivity contribution is -0.134. The van der Waals surface area contributed by atoms with Crippen LogP contribution in [0.15, 0.2) is 30.5 Å². The Morgan fingerprint density at radius 1 is 1.29 bits per heavy atom. The third-order valence-electron chi connectivity index (χ3n) is 5.39.